The lowest BCUT2D eigenvalue weighted by Gasteiger charge is -2.34. The van der Waals surface area contributed by atoms with Crippen molar-refractivity contribution in [1.29, 1.82) is 0 Å². The van der Waals surface area contributed by atoms with E-state index in [1.807, 2.05) is 26.5 Å². The van der Waals surface area contributed by atoms with Crippen LogP contribution in [0.25, 0.3) is 0 Å². The van der Waals surface area contributed by atoms with Gasteiger partial charge < -0.3 is 14.5 Å². The number of unbranched alkanes of at least 4 members (excludes halogenated alkanes) is 1. The standard InChI is InChI=1S/C15H26N2O3S2/c1-2-20-15(19)17-10-8-16(9-11-17)14(18)6-4-3-5-13-7-12-21-22-13/h13H,2-12H2,1H3. The molecule has 0 aliphatic carbocycles. The summed E-state index contributed by atoms with van der Waals surface area (Å²) in [5.41, 5.74) is 0. The number of rotatable bonds is 6. The van der Waals surface area contributed by atoms with Crippen LogP contribution >= 0.6 is 21.6 Å². The molecule has 5 nitrogen and oxygen atoms in total. The predicted molar refractivity (Wildman–Crippen MR) is 92.1 cm³/mol. The number of amides is 2. The zero-order valence-corrected chi connectivity index (χ0v) is 14.9. The van der Waals surface area contributed by atoms with Gasteiger partial charge in [-0.15, -0.1) is 0 Å². The summed E-state index contributed by atoms with van der Waals surface area (Å²) >= 11 is 0. The Morgan fingerprint density at radius 3 is 2.50 bits per heavy atom. The van der Waals surface area contributed by atoms with Crippen LogP contribution in [-0.2, 0) is 9.53 Å². The van der Waals surface area contributed by atoms with Gasteiger partial charge in [0.1, 0.15) is 0 Å². The van der Waals surface area contributed by atoms with Gasteiger partial charge in [0.2, 0.25) is 5.91 Å². The van der Waals surface area contributed by atoms with Crippen LogP contribution < -0.4 is 0 Å². The molecule has 0 aromatic rings. The van der Waals surface area contributed by atoms with Gasteiger partial charge in [0.15, 0.2) is 0 Å². The fourth-order valence-corrected chi connectivity index (χ4v) is 5.75. The third-order valence-electron chi connectivity index (χ3n) is 4.05. The monoisotopic (exact) mass is 346 g/mol. The Bertz CT molecular complexity index is 368. The quantitative estimate of drug-likeness (QED) is 0.547. The molecule has 2 aliphatic heterocycles. The molecule has 0 aromatic carbocycles. The largest absolute Gasteiger partial charge is 0.450 e. The maximum absolute atomic E-state index is 12.2. The molecule has 0 radical (unpaired) electrons. The fourth-order valence-electron chi connectivity index (χ4n) is 2.72. The predicted octanol–water partition coefficient (Wildman–Crippen LogP) is 3.00. The fraction of sp³-hybridized carbons (Fsp3) is 0.867. The molecule has 1 unspecified atom stereocenters. The van der Waals surface area contributed by atoms with Crippen molar-refractivity contribution in [1.82, 2.24) is 9.80 Å². The van der Waals surface area contributed by atoms with E-state index in [4.69, 9.17) is 4.74 Å². The molecule has 126 valence electrons. The molecule has 2 saturated heterocycles. The molecule has 2 aliphatic rings. The molecule has 0 aromatic heterocycles. The molecule has 2 rings (SSSR count). The van der Waals surface area contributed by atoms with E-state index in [0.29, 0.717) is 39.2 Å². The Kier molecular flexibility index (Phi) is 7.72. The average Bonchev–Trinajstić information content (AvgIpc) is 3.05. The molecule has 1 atom stereocenters. The van der Waals surface area contributed by atoms with Gasteiger partial charge in [-0.3, -0.25) is 4.79 Å². The van der Waals surface area contributed by atoms with Crippen molar-refractivity contribution in [3.8, 4) is 0 Å². The lowest BCUT2D eigenvalue weighted by molar-refractivity contribution is -0.132. The van der Waals surface area contributed by atoms with Crippen LogP contribution in [0.3, 0.4) is 0 Å². The maximum Gasteiger partial charge on any atom is 0.409 e. The van der Waals surface area contributed by atoms with Gasteiger partial charge in [-0.25, -0.2) is 4.79 Å². The van der Waals surface area contributed by atoms with Gasteiger partial charge in [-0.1, -0.05) is 28.0 Å². The summed E-state index contributed by atoms with van der Waals surface area (Å²) in [6, 6.07) is 0. The van der Waals surface area contributed by atoms with Crippen LogP contribution in [0, 0.1) is 0 Å². The lowest BCUT2D eigenvalue weighted by Crippen LogP contribution is -2.50. The second-order valence-corrected chi connectivity index (χ2v) is 8.43. The summed E-state index contributed by atoms with van der Waals surface area (Å²) < 4.78 is 4.99. The number of carbonyl (C=O) groups is 2. The highest BCUT2D eigenvalue weighted by Crippen LogP contribution is 2.39. The molecule has 0 N–H and O–H groups in total. The summed E-state index contributed by atoms with van der Waals surface area (Å²) in [6.07, 6.45) is 5.07. The Labute approximate surface area is 140 Å². The SMILES string of the molecule is CCOC(=O)N1CCN(C(=O)CCCCC2CCSS2)CC1. The first-order valence-corrected chi connectivity index (χ1v) is 10.6. The second kappa shape index (κ2) is 9.55. The van der Waals surface area contributed by atoms with Gasteiger partial charge in [0, 0.05) is 43.6 Å². The van der Waals surface area contributed by atoms with E-state index in [9.17, 15) is 9.59 Å². The maximum atomic E-state index is 12.2. The molecule has 0 spiro atoms. The molecule has 2 fully saturated rings. The first-order chi connectivity index (χ1) is 10.7. The van der Waals surface area contributed by atoms with Crippen molar-refractivity contribution in [3.05, 3.63) is 0 Å². The number of hydrogen-bond acceptors (Lipinski definition) is 5. The van der Waals surface area contributed by atoms with Crippen molar-refractivity contribution < 1.29 is 14.3 Å². The first kappa shape index (κ1) is 17.8. The Balaban J connectivity index is 1.57. The molecular weight excluding hydrogens is 320 g/mol. The van der Waals surface area contributed by atoms with Crippen molar-refractivity contribution >= 4 is 33.6 Å². The Hall–Kier alpha value is -0.560. The van der Waals surface area contributed by atoms with Crippen LogP contribution in [0.5, 0.6) is 0 Å². The first-order valence-electron chi connectivity index (χ1n) is 8.18. The second-order valence-electron chi connectivity index (χ2n) is 5.64. The summed E-state index contributed by atoms with van der Waals surface area (Å²) in [6.45, 7) is 4.64. The molecule has 0 bridgehead atoms. The van der Waals surface area contributed by atoms with Crippen LogP contribution in [0.4, 0.5) is 4.79 Å². The Morgan fingerprint density at radius 2 is 1.86 bits per heavy atom. The van der Waals surface area contributed by atoms with Gasteiger partial charge in [-0.2, -0.15) is 0 Å². The lowest BCUT2D eigenvalue weighted by atomic mass is 10.1. The number of piperazine rings is 1. The van der Waals surface area contributed by atoms with Crippen molar-refractivity contribution in [3.63, 3.8) is 0 Å². The zero-order chi connectivity index (χ0) is 15.8. The topological polar surface area (TPSA) is 49.9 Å². The Morgan fingerprint density at radius 1 is 1.14 bits per heavy atom. The van der Waals surface area contributed by atoms with E-state index in [2.05, 4.69) is 0 Å². The summed E-state index contributed by atoms with van der Waals surface area (Å²) in [4.78, 5) is 27.4. The minimum atomic E-state index is -0.262. The molecular formula is C15H26N2O3S2. The minimum Gasteiger partial charge on any atom is -0.450 e. The van der Waals surface area contributed by atoms with E-state index in [-0.39, 0.29) is 12.0 Å². The highest BCUT2D eigenvalue weighted by atomic mass is 33.1. The summed E-state index contributed by atoms with van der Waals surface area (Å²) in [5.74, 6) is 1.51. The molecule has 7 heteroatoms. The van der Waals surface area contributed by atoms with E-state index < -0.39 is 0 Å². The third-order valence-corrected chi connectivity index (χ3v) is 7.06. The van der Waals surface area contributed by atoms with Gasteiger partial charge in [0.05, 0.1) is 6.61 Å². The highest BCUT2D eigenvalue weighted by Gasteiger charge is 2.24. The highest BCUT2D eigenvalue weighted by molar-refractivity contribution is 8.77. The summed E-state index contributed by atoms with van der Waals surface area (Å²) in [7, 11) is 3.98. The number of carbonyl (C=O) groups excluding carboxylic acids is 2. The van der Waals surface area contributed by atoms with E-state index in [0.717, 1.165) is 18.1 Å². The van der Waals surface area contributed by atoms with Crippen LogP contribution in [0.2, 0.25) is 0 Å². The van der Waals surface area contributed by atoms with Crippen molar-refractivity contribution in [2.75, 3.05) is 38.5 Å². The van der Waals surface area contributed by atoms with E-state index in [1.54, 1.807) is 11.8 Å². The number of ether oxygens (including phenoxy) is 1. The van der Waals surface area contributed by atoms with Gasteiger partial charge in [0.25, 0.3) is 0 Å². The van der Waals surface area contributed by atoms with Gasteiger partial charge in [-0.05, 0) is 26.2 Å². The molecule has 0 saturated carbocycles. The third kappa shape index (κ3) is 5.57. The normalized spacial score (nSPS) is 22.0. The van der Waals surface area contributed by atoms with E-state index in [1.165, 1.54) is 18.6 Å². The number of hydrogen-bond donors (Lipinski definition) is 0. The summed E-state index contributed by atoms with van der Waals surface area (Å²) in [5, 5.41) is 0.799. The average molecular weight is 347 g/mol. The number of nitrogens with zero attached hydrogens (tertiary/aromatic N) is 2. The van der Waals surface area contributed by atoms with E-state index >= 15 is 0 Å². The van der Waals surface area contributed by atoms with Crippen LogP contribution in [0.15, 0.2) is 0 Å². The van der Waals surface area contributed by atoms with Crippen LogP contribution in [-0.4, -0.2) is 65.6 Å². The van der Waals surface area contributed by atoms with Gasteiger partial charge >= 0.3 is 6.09 Å². The van der Waals surface area contributed by atoms with Crippen molar-refractivity contribution in [2.24, 2.45) is 0 Å². The van der Waals surface area contributed by atoms with Crippen molar-refractivity contribution in [2.45, 2.75) is 44.3 Å². The smallest absolute Gasteiger partial charge is 0.409 e. The molecule has 2 heterocycles. The zero-order valence-electron chi connectivity index (χ0n) is 13.3. The molecule has 2 amide bonds. The molecule has 22 heavy (non-hydrogen) atoms. The van der Waals surface area contributed by atoms with Crippen LogP contribution in [0.1, 0.15) is 39.0 Å². The minimum absolute atomic E-state index is 0.233.